The Morgan fingerprint density at radius 2 is 1.39 bits per heavy atom. The highest BCUT2D eigenvalue weighted by molar-refractivity contribution is 7.93. The summed E-state index contributed by atoms with van der Waals surface area (Å²) in [6.45, 7) is 6.13. The highest BCUT2D eigenvalue weighted by Crippen LogP contribution is 2.67. The molecule has 1 unspecified atom stereocenters. The lowest BCUT2D eigenvalue weighted by Gasteiger charge is -2.40. The third-order valence-electron chi connectivity index (χ3n) is 9.00. The fraction of sp³-hybridized carbons (Fsp3) is 0.364. The summed E-state index contributed by atoms with van der Waals surface area (Å²) in [6.07, 6.45) is 7.34. The van der Waals surface area contributed by atoms with Crippen LogP contribution < -0.4 is 4.31 Å². The van der Waals surface area contributed by atoms with E-state index in [9.17, 15) is 13.2 Å². The Morgan fingerprint density at radius 1 is 0.763 bits per heavy atom. The van der Waals surface area contributed by atoms with Crippen LogP contribution in [0.15, 0.2) is 77.7 Å². The molecule has 1 spiro atoms. The SMILES string of the molecule is Cc1ccc(C2=C3c4cc(C)ccc4N(S(=O)(=O)c4ccccc4)C(=O)C3(C)CC23CCCCCC3)cc1. The highest BCUT2D eigenvalue weighted by atomic mass is 32.2. The molecule has 1 aliphatic heterocycles. The molecule has 3 aromatic carbocycles. The van der Waals surface area contributed by atoms with Gasteiger partial charge in [0, 0.05) is 5.56 Å². The van der Waals surface area contributed by atoms with Gasteiger partial charge in [-0.1, -0.05) is 85.3 Å². The molecule has 1 fully saturated rings. The predicted molar refractivity (Wildman–Crippen MR) is 153 cm³/mol. The molecule has 3 aromatic rings. The molecule has 38 heavy (non-hydrogen) atoms. The number of anilines is 1. The molecule has 3 aliphatic rings. The van der Waals surface area contributed by atoms with Gasteiger partial charge in [0.05, 0.1) is 16.0 Å². The standard InChI is InChI=1S/C33H35NO3S/c1-23-13-16-25(17-14-23)29-30-27-21-24(2)15-18-28(27)34(38(36,37)26-11-7-6-8-12-26)31(35)32(30,3)22-33(29)19-9-4-5-10-20-33/h6-8,11-18,21H,4-5,9-10,19-20,22H2,1-3H3. The summed E-state index contributed by atoms with van der Waals surface area (Å²) in [4.78, 5) is 14.8. The van der Waals surface area contributed by atoms with E-state index in [1.165, 1.54) is 24.0 Å². The maximum Gasteiger partial charge on any atom is 0.270 e. The first-order valence-corrected chi connectivity index (χ1v) is 15.2. The summed E-state index contributed by atoms with van der Waals surface area (Å²) in [5, 5.41) is 0. The van der Waals surface area contributed by atoms with Gasteiger partial charge in [0.25, 0.3) is 15.9 Å². The number of hydrogen-bond acceptors (Lipinski definition) is 3. The van der Waals surface area contributed by atoms with Crippen molar-refractivity contribution in [1.82, 2.24) is 0 Å². The van der Waals surface area contributed by atoms with Gasteiger partial charge in [0.15, 0.2) is 0 Å². The van der Waals surface area contributed by atoms with E-state index < -0.39 is 15.4 Å². The van der Waals surface area contributed by atoms with E-state index in [1.54, 1.807) is 30.3 Å². The normalized spacial score (nSPS) is 22.8. The van der Waals surface area contributed by atoms with E-state index in [0.29, 0.717) is 12.1 Å². The molecular formula is C33H35NO3S. The third-order valence-corrected chi connectivity index (χ3v) is 10.7. The van der Waals surface area contributed by atoms with Gasteiger partial charge >= 0.3 is 0 Å². The minimum atomic E-state index is -4.09. The Balaban J connectivity index is 1.68. The van der Waals surface area contributed by atoms with Crippen molar-refractivity contribution in [2.75, 3.05) is 4.31 Å². The Labute approximate surface area is 226 Å². The second-order valence-corrected chi connectivity index (χ2v) is 13.5. The first-order valence-electron chi connectivity index (χ1n) is 13.8. The minimum absolute atomic E-state index is 0.136. The van der Waals surface area contributed by atoms with E-state index >= 15 is 0 Å². The fourth-order valence-corrected chi connectivity index (χ4v) is 8.86. The molecule has 5 heteroatoms. The van der Waals surface area contributed by atoms with Crippen LogP contribution in [0.2, 0.25) is 0 Å². The van der Waals surface area contributed by atoms with Gasteiger partial charge in [0.1, 0.15) is 0 Å². The molecule has 1 atom stereocenters. The van der Waals surface area contributed by atoms with Crippen molar-refractivity contribution < 1.29 is 13.2 Å². The summed E-state index contributed by atoms with van der Waals surface area (Å²) in [5.41, 5.74) is 5.96. The zero-order valence-electron chi connectivity index (χ0n) is 22.5. The maximum atomic E-state index is 14.7. The van der Waals surface area contributed by atoms with Crippen LogP contribution in [-0.2, 0) is 14.8 Å². The minimum Gasteiger partial charge on any atom is -0.272 e. The molecule has 0 N–H and O–H groups in total. The van der Waals surface area contributed by atoms with Gasteiger partial charge in [0.2, 0.25) is 0 Å². The number of fused-ring (bicyclic) bond motifs is 3. The zero-order chi connectivity index (χ0) is 26.7. The average Bonchev–Trinajstić information content (AvgIpc) is 3.00. The number of rotatable bonds is 3. The molecule has 2 aliphatic carbocycles. The predicted octanol–water partition coefficient (Wildman–Crippen LogP) is 7.70. The quantitative estimate of drug-likeness (QED) is 0.352. The molecule has 0 saturated heterocycles. The molecule has 6 rings (SSSR count). The molecule has 0 aromatic heterocycles. The maximum absolute atomic E-state index is 14.7. The van der Waals surface area contributed by atoms with Crippen molar-refractivity contribution >= 4 is 32.8 Å². The second-order valence-electron chi connectivity index (χ2n) is 11.7. The molecular weight excluding hydrogens is 490 g/mol. The monoisotopic (exact) mass is 525 g/mol. The lowest BCUT2D eigenvalue weighted by Crippen LogP contribution is -2.49. The summed E-state index contributed by atoms with van der Waals surface area (Å²) in [7, 11) is -4.09. The van der Waals surface area contributed by atoms with Crippen LogP contribution in [0.5, 0.6) is 0 Å². The Bertz CT molecular complexity index is 1550. The van der Waals surface area contributed by atoms with Crippen LogP contribution in [0.4, 0.5) is 5.69 Å². The number of benzene rings is 3. The number of aryl methyl sites for hydroxylation is 2. The molecule has 1 heterocycles. The Morgan fingerprint density at radius 3 is 2.05 bits per heavy atom. The number of carbonyl (C=O) groups is 1. The summed E-state index contributed by atoms with van der Waals surface area (Å²) in [5.74, 6) is -0.335. The van der Waals surface area contributed by atoms with Gasteiger partial charge in [-0.3, -0.25) is 4.79 Å². The molecule has 1 saturated carbocycles. The van der Waals surface area contributed by atoms with Crippen molar-refractivity contribution in [2.45, 2.75) is 70.6 Å². The van der Waals surface area contributed by atoms with Crippen LogP contribution in [-0.4, -0.2) is 14.3 Å². The van der Waals surface area contributed by atoms with Crippen LogP contribution in [0.3, 0.4) is 0 Å². The van der Waals surface area contributed by atoms with Gasteiger partial charge in [-0.05, 0) is 86.4 Å². The fourth-order valence-electron chi connectivity index (χ4n) is 7.31. The Kier molecular flexibility index (Phi) is 5.91. The first kappa shape index (κ1) is 25.1. The van der Waals surface area contributed by atoms with E-state index in [4.69, 9.17) is 0 Å². The number of allylic oxidation sites excluding steroid dienone is 1. The highest BCUT2D eigenvalue weighted by Gasteiger charge is 2.60. The van der Waals surface area contributed by atoms with Crippen molar-refractivity contribution in [3.8, 4) is 0 Å². The number of carbonyl (C=O) groups excluding carboxylic acids is 1. The summed E-state index contributed by atoms with van der Waals surface area (Å²) < 4.78 is 29.3. The molecule has 0 bridgehead atoms. The first-order chi connectivity index (χ1) is 18.2. The van der Waals surface area contributed by atoms with Gasteiger partial charge < -0.3 is 0 Å². The van der Waals surface area contributed by atoms with E-state index in [2.05, 4.69) is 37.3 Å². The number of nitrogens with zero attached hydrogens (tertiary/aromatic N) is 1. The van der Waals surface area contributed by atoms with Crippen molar-refractivity contribution in [3.63, 3.8) is 0 Å². The van der Waals surface area contributed by atoms with Crippen LogP contribution in [0.1, 0.15) is 74.1 Å². The lowest BCUT2D eigenvalue weighted by atomic mass is 9.69. The van der Waals surface area contributed by atoms with E-state index in [0.717, 1.165) is 52.3 Å². The van der Waals surface area contributed by atoms with Crippen LogP contribution in [0.25, 0.3) is 11.1 Å². The Hall–Kier alpha value is -3.18. The summed E-state index contributed by atoms with van der Waals surface area (Å²) >= 11 is 0. The molecule has 0 radical (unpaired) electrons. The third kappa shape index (κ3) is 3.70. The molecule has 4 nitrogen and oxygen atoms in total. The van der Waals surface area contributed by atoms with Crippen LogP contribution in [0, 0.1) is 24.7 Å². The van der Waals surface area contributed by atoms with Crippen molar-refractivity contribution in [3.05, 3.63) is 95.1 Å². The van der Waals surface area contributed by atoms with Gasteiger partial charge in [-0.25, -0.2) is 12.7 Å². The number of sulfonamides is 1. The number of amides is 1. The van der Waals surface area contributed by atoms with Crippen molar-refractivity contribution in [1.29, 1.82) is 0 Å². The van der Waals surface area contributed by atoms with Crippen LogP contribution >= 0.6 is 0 Å². The molecule has 196 valence electrons. The van der Waals surface area contributed by atoms with E-state index in [-0.39, 0.29) is 16.2 Å². The topological polar surface area (TPSA) is 54.5 Å². The number of hydrogen-bond donors (Lipinski definition) is 0. The lowest BCUT2D eigenvalue weighted by molar-refractivity contribution is -0.124. The average molecular weight is 526 g/mol. The molecule has 1 amide bonds. The van der Waals surface area contributed by atoms with E-state index in [1.807, 2.05) is 26.0 Å². The largest absolute Gasteiger partial charge is 0.272 e. The zero-order valence-corrected chi connectivity index (χ0v) is 23.3. The smallest absolute Gasteiger partial charge is 0.270 e. The van der Waals surface area contributed by atoms with Gasteiger partial charge in [-0.15, -0.1) is 0 Å². The van der Waals surface area contributed by atoms with Crippen molar-refractivity contribution in [2.24, 2.45) is 10.8 Å². The summed E-state index contributed by atoms with van der Waals surface area (Å²) in [6, 6.07) is 22.9. The second kappa shape index (κ2) is 8.94. The van der Waals surface area contributed by atoms with Gasteiger partial charge in [-0.2, -0.15) is 0 Å².